The number of anilines is 1. The molecule has 5 heteroatoms. The molecule has 0 fully saturated rings. The molecule has 2 aromatic carbocycles. The second kappa shape index (κ2) is 6.36. The van der Waals surface area contributed by atoms with Gasteiger partial charge in [-0.3, -0.25) is 4.79 Å². The highest BCUT2D eigenvalue weighted by atomic mass is 16.5. The lowest BCUT2D eigenvalue weighted by Gasteiger charge is -2.09. The van der Waals surface area contributed by atoms with Crippen LogP contribution in [-0.2, 0) is 4.79 Å². The van der Waals surface area contributed by atoms with Gasteiger partial charge in [0.15, 0.2) is 5.58 Å². The minimum Gasteiger partial charge on any atom is -0.495 e. The highest BCUT2D eigenvalue weighted by molar-refractivity contribution is 6.02. The van der Waals surface area contributed by atoms with E-state index in [2.05, 4.69) is 10.3 Å². The van der Waals surface area contributed by atoms with E-state index in [0.29, 0.717) is 22.9 Å². The number of carbonyl (C=O) groups excluding carboxylic acids is 1. The van der Waals surface area contributed by atoms with Gasteiger partial charge in [-0.25, -0.2) is 4.98 Å². The third-order valence-electron chi connectivity index (χ3n) is 3.30. The van der Waals surface area contributed by atoms with E-state index in [1.54, 1.807) is 7.11 Å². The lowest BCUT2D eigenvalue weighted by Crippen LogP contribution is -2.09. The van der Waals surface area contributed by atoms with E-state index >= 15 is 0 Å². The highest BCUT2D eigenvalue weighted by Crippen LogP contribution is 2.25. The second-order valence-corrected chi connectivity index (χ2v) is 5.05. The molecule has 0 bridgehead atoms. The number of ether oxygens (including phenoxy) is 1. The number of hydrogen-bond donors (Lipinski definition) is 1. The maximum atomic E-state index is 12.1. The molecule has 0 saturated heterocycles. The minimum atomic E-state index is -0.281. The van der Waals surface area contributed by atoms with E-state index in [9.17, 15) is 4.79 Å². The molecule has 0 atom stereocenters. The zero-order valence-electron chi connectivity index (χ0n) is 12.9. The topological polar surface area (TPSA) is 64.4 Å². The fraction of sp³-hybridized carbons (Fsp3) is 0.111. The lowest BCUT2D eigenvalue weighted by molar-refractivity contribution is -0.111. The van der Waals surface area contributed by atoms with Crippen LogP contribution in [0.4, 0.5) is 5.69 Å². The first kappa shape index (κ1) is 14.8. The summed E-state index contributed by atoms with van der Waals surface area (Å²) < 4.78 is 10.8. The van der Waals surface area contributed by atoms with Gasteiger partial charge in [-0.2, -0.15) is 0 Å². The fourth-order valence-electron chi connectivity index (χ4n) is 2.20. The van der Waals surface area contributed by atoms with Crippen LogP contribution in [0.5, 0.6) is 5.75 Å². The normalized spacial score (nSPS) is 11.0. The Morgan fingerprint density at radius 2 is 2.09 bits per heavy atom. The molecule has 5 nitrogen and oxygen atoms in total. The number of carbonyl (C=O) groups is 1. The van der Waals surface area contributed by atoms with Crippen molar-refractivity contribution in [3.8, 4) is 5.75 Å². The van der Waals surface area contributed by atoms with Crippen molar-refractivity contribution in [3.63, 3.8) is 0 Å². The monoisotopic (exact) mass is 308 g/mol. The zero-order chi connectivity index (χ0) is 16.2. The number of methoxy groups -OCH3 is 1. The molecular formula is C18H16N2O3. The molecule has 1 aromatic heterocycles. The van der Waals surface area contributed by atoms with Crippen molar-refractivity contribution in [2.45, 2.75) is 6.92 Å². The predicted molar refractivity (Wildman–Crippen MR) is 89.4 cm³/mol. The molecule has 0 aliphatic heterocycles. The van der Waals surface area contributed by atoms with Crippen molar-refractivity contribution in [1.29, 1.82) is 0 Å². The number of aromatic nitrogens is 1. The number of rotatable bonds is 4. The summed E-state index contributed by atoms with van der Waals surface area (Å²) in [5.41, 5.74) is 3.10. The number of aryl methyl sites for hydroxylation is 1. The molecule has 1 N–H and O–H groups in total. The van der Waals surface area contributed by atoms with E-state index in [1.165, 1.54) is 12.2 Å². The number of nitrogens with one attached hydrogen (secondary N) is 1. The average molecular weight is 308 g/mol. The molecule has 0 spiro atoms. The van der Waals surface area contributed by atoms with Gasteiger partial charge in [0.05, 0.1) is 12.8 Å². The Morgan fingerprint density at radius 1 is 1.26 bits per heavy atom. The van der Waals surface area contributed by atoms with Gasteiger partial charge in [-0.1, -0.05) is 18.2 Å². The highest BCUT2D eigenvalue weighted by Gasteiger charge is 2.06. The Kier molecular flexibility index (Phi) is 4.10. The summed E-state index contributed by atoms with van der Waals surface area (Å²) in [6.07, 6.45) is 2.92. The molecule has 0 saturated carbocycles. The summed E-state index contributed by atoms with van der Waals surface area (Å²) in [4.78, 5) is 16.3. The van der Waals surface area contributed by atoms with Crippen LogP contribution >= 0.6 is 0 Å². The maximum absolute atomic E-state index is 12.1. The van der Waals surface area contributed by atoms with Gasteiger partial charge in [0.1, 0.15) is 11.3 Å². The third kappa shape index (κ3) is 3.40. The standard InChI is InChI=1S/C18H16N2O3/c1-12-7-8-15(22-2)14(11-12)19-17(21)9-10-18-20-13-5-3-4-6-16(13)23-18/h3-11H,1-2H3,(H,19,21). The van der Waals surface area contributed by atoms with Crippen molar-refractivity contribution in [2.24, 2.45) is 0 Å². The second-order valence-electron chi connectivity index (χ2n) is 5.05. The number of amides is 1. The first-order chi connectivity index (χ1) is 11.2. The molecule has 0 aliphatic carbocycles. The molecule has 0 radical (unpaired) electrons. The van der Waals surface area contributed by atoms with E-state index < -0.39 is 0 Å². The van der Waals surface area contributed by atoms with E-state index in [0.717, 1.165) is 11.1 Å². The van der Waals surface area contributed by atoms with Crippen molar-refractivity contribution in [1.82, 2.24) is 4.98 Å². The van der Waals surface area contributed by atoms with Gasteiger partial charge in [0.25, 0.3) is 0 Å². The van der Waals surface area contributed by atoms with Gasteiger partial charge in [0.2, 0.25) is 11.8 Å². The molecule has 0 unspecified atom stereocenters. The van der Waals surface area contributed by atoms with Crippen molar-refractivity contribution < 1.29 is 13.9 Å². The van der Waals surface area contributed by atoms with Gasteiger partial charge < -0.3 is 14.5 Å². The number of nitrogens with zero attached hydrogens (tertiary/aromatic N) is 1. The summed E-state index contributed by atoms with van der Waals surface area (Å²) >= 11 is 0. The Balaban J connectivity index is 1.75. The van der Waals surface area contributed by atoms with E-state index in [4.69, 9.17) is 9.15 Å². The van der Waals surface area contributed by atoms with Gasteiger partial charge in [0, 0.05) is 12.2 Å². The quantitative estimate of drug-likeness (QED) is 0.745. The molecule has 116 valence electrons. The van der Waals surface area contributed by atoms with Gasteiger partial charge >= 0.3 is 0 Å². The minimum absolute atomic E-state index is 0.281. The Morgan fingerprint density at radius 3 is 2.87 bits per heavy atom. The summed E-state index contributed by atoms with van der Waals surface area (Å²) in [6, 6.07) is 13.0. The van der Waals surface area contributed by atoms with Crippen LogP contribution in [0, 0.1) is 6.92 Å². The molecule has 23 heavy (non-hydrogen) atoms. The van der Waals surface area contributed by atoms with E-state index in [-0.39, 0.29) is 5.91 Å². The van der Waals surface area contributed by atoms with Crippen LogP contribution in [0.2, 0.25) is 0 Å². The van der Waals surface area contributed by atoms with Crippen LogP contribution in [0.1, 0.15) is 11.5 Å². The Labute approximate surface area is 133 Å². The third-order valence-corrected chi connectivity index (χ3v) is 3.30. The first-order valence-electron chi connectivity index (χ1n) is 7.15. The van der Waals surface area contributed by atoms with Crippen molar-refractivity contribution in [2.75, 3.05) is 12.4 Å². The van der Waals surface area contributed by atoms with Crippen LogP contribution in [0.3, 0.4) is 0 Å². The Hall–Kier alpha value is -3.08. The fourth-order valence-corrected chi connectivity index (χ4v) is 2.20. The average Bonchev–Trinajstić information content (AvgIpc) is 2.96. The van der Waals surface area contributed by atoms with Crippen LogP contribution in [0.15, 0.2) is 53.0 Å². The molecule has 1 amide bonds. The predicted octanol–water partition coefficient (Wildman–Crippen LogP) is 3.80. The van der Waals surface area contributed by atoms with Crippen LogP contribution in [-0.4, -0.2) is 18.0 Å². The molecule has 3 aromatic rings. The summed E-state index contributed by atoms with van der Waals surface area (Å²) in [5.74, 6) is 0.716. The molecule has 3 rings (SSSR count). The van der Waals surface area contributed by atoms with Gasteiger partial charge in [-0.15, -0.1) is 0 Å². The summed E-state index contributed by atoms with van der Waals surface area (Å²) in [5, 5.41) is 2.79. The summed E-state index contributed by atoms with van der Waals surface area (Å²) in [7, 11) is 1.56. The number of benzene rings is 2. The van der Waals surface area contributed by atoms with Crippen molar-refractivity contribution >= 4 is 28.8 Å². The number of hydrogen-bond acceptors (Lipinski definition) is 4. The smallest absolute Gasteiger partial charge is 0.248 e. The largest absolute Gasteiger partial charge is 0.495 e. The Bertz CT molecular complexity index is 848. The van der Waals surface area contributed by atoms with Crippen LogP contribution < -0.4 is 10.1 Å². The number of fused-ring (bicyclic) bond motifs is 1. The maximum Gasteiger partial charge on any atom is 0.248 e. The lowest BCUT2D eigenvalue weighted by atomic mass is 10.2. The SMILES string of the molecule is COc1ccc(C)cc1NC(=O)C=Cc1nc2ccccc2o1. The van der Waals surface area contributed by atoms with Gasteiger partial charge in [-0.05, 0) is 36.8 Å². The zero-order valence-corrected chi connectivity index (χ0v) is 12.9. The first-order valence-corrected chi connectivity index (χ1v) is 7.15. The number of para-hydroxylation sites is 2. The number of oxazole rings is 1. The molecule has 0 aliphatic rings. The van der Waals surface area contributed by atoms with Crippen LogP contribution in [0.25, 0.3) is 17.2 Å². The van der Waals surface area contributed by atoms with E-state index in [1.807, 2.05) is 49.4 Å². The molecular weight excluding hydrogens is 292 g/mol. The molecule has 1 heterocycles. The summed E-state index contributed by atoms with van der Waals surface area (Å²) in [6.45, 7) is 1.95. The van der Waals surface area contributed by atoms with Crippen molar-refractivity contribution in [3.05, 3.63) is 60.0 Å².